The number of nitrogens with one attached hydrogen (secondary N) is 1. The molecule has 0 aliphatic carbocycles. The number of rotatable bonds is 6. The molecule has 2 aromatic carbocycles. The highest BCUT2D eigenvalue weighted by molar-refractivity contribution is 5.76. The second-order valence-corrected chi connectivity index (χ2v) is 5.42. The fraction of sp³-hybridized carbons (Fsp3) is 0.188. The normalized spacial score (nSPS) is 11.0. The van der Waals surface area contributed by atoms with Crippen molar-refractivity contribution in [3.05, 3.63) is 58.7 Å². The zero-order valence-electron chi connectivity index (χ0n) is 13.1. The van der Waals surface area contributed by atoms with E-state index in [2.05, 4.69) is 0 Å². The fourth-order valence-corrected chi connectivity index (χ4v) is 2.30. The van der Waals surface area contributed by atoms with E-state index >= 15 is 0 Å². The Kier molecular flexibility index (Phi) is 6.01. The lowest BCUT2D eigenvalue weighted by molar-refractivity contribution is -0.130. The molecular weight excluding hydrogens is 360 g/mol. The molecule has 0 aliphatic rings. The van der Waals surface area contributed by atoms with Crippen LogP contribution in [0.3, 0.4) is 0 Å². The minimum atomic E-state index is -1.26. The summed E-state index contributed by atoms with van der Waals surface area (Å²) in [6, 6.07) is 3.66. The Morgan fingerprint density at radius 1 is 0.885 bits per heavy atom. The molecule has 140 valence electrons. The number of hydroxylamine groups is 1. The van der Waals surface area contributed by atoms with E-state index in [9.17, 15) is 32.6 Å². The Morgan fingerprint density at radius 3 is 1.69 bits per heavy atom. The maximum absolute atomic E-state index is 13.9. The average molecular weight is 374 g/mol. The third kappa shape index (κ3) is 4.21. The van der Waals surface area contributed by atoms with Crippen molar-refractivity contribution in [3.8, 4) is 11.5 Å². The van der Waals surface area contributed by atoms with Crippen LogP contribution in [0.15, 0.2) is 24.3 Å². The Labute approximate surface area is 144 Å². The maximum Gasteiger partial charge on any atom is 0.257 e. The van der Waals surface area contributed by atoms with Crippen molar-refractivity contribution in [1.29, 1.82) is 0 Å². The number of carbonyl (C=O) groups is 1. The molecule has 0 atom stereocenters. The molecule has 0 heterocycles. The van der Waals surface area contributed by atoms with Gasteiger partial charge in [0.05, 0.1) is 6.54 Å². The Hall–Kier alpha value is -2.85. The zero-order chi connectivity index (χ0) is 19.4. The SMILES string of the molecule is O=C(CN(Cc1ccc(F)c(O)c1F)Cc1ccc(F)c(O)c1F)NO. The van der Waals surface area contributed by atoms with Gasteiger partial charge in [-0.05, 0) is 12.1 Å². The number of hydrogen-bond donors (Lipinski definition) is 4. The summed E-state index contributed by atoms with van der Waals surface area (Å²) in [6.45, 7) is -1.30. The van der Waals surface area contributed by atoms with Crippen LogP contribution < -0.4 is 5.48 Å². The van der Waals surface area contributed by atoms with Crippen molar-refractivity contribution >= 4 is 5.91 Å². The van der Waals surface area contributed by atoms with Crippen molar-refractivity contribution in [2.45, 2.75) is 13.1 Å². The van der Waals surface area contributed by atoms with Crippen LogP contribution in [0.1, 0.15) is 11.1 Å². The molecule has 0 bridgehead atoms. The van der Waals surface area contributed by atoms with Gasteiger partial charge in [-0.15, -0.1) is 0 Å². The number of hydrogen-bond acceptors (Lipinski definition) is 5. The Morgan fingerprint density at radius 2 is 1.31 bits per heavy atom. The van der Waals surface area contributed by atoms with Crippen molar-refractivity contribution in [2.24, 2.45) is 0 Å². The molecule has 2 aromatic rings. The zero-order valence-corrected chi connectivity index (χ0v) is 13.1. The van der Waals surface area contributed by atoms with Gasteiger partial charge < -0.3 is 10.2 Å². The van der Waals surface area contributed by atoms with Crippen LogP contribution in [0.4, 0.5) is 17.6 Å². The van der Waals surface area contributed by atoms with Gasteiger partial charge in [0.2, 0.25) is 0 Å². The van der Waals surface area contributed by atoms with E-state index in [-0.39, 0.29) is 24.2 Å². The first-order valence-electron chi connectivity index (χ1n) is 7.21. The lowest BCUT2D eigenvalue weighted by Crippen LogP contribution is -2.35. The number of phenolic OH excluding ortho intramolecular Hbond substituents is 2. The van der Waals surface area contributed by atoms with E-state index in [0.29, 0.717) is 0 Å². The fourth-order valence-electron chi connectivity index (χ4n) is 2.30. The molecule has 0 aliphatic heterocycles. The maximum atomic E-state index is 13.9. The quantitative estimate of drug-likeness (QED) is 0.353. The molecule has 10 heteroatoms. The first-order chi connectivity index (χ1) is 12.2. The summed E-state index contributed by atoms with van der Waals surface area (Å²) in [5.74, 6) is -8.22. The molecule has 6 nitrogen and oxygen atoms in total. The van der Waals surface area contributed by atoms with Crippen molar-refractivity contribution in [1.82, 2.24) is 10.4 Å². The van der Waals surface area contributed by atoms with Crippen molar-refractivity contribution in [3.63, 3.8) is 0 Å². The molecule has 4 N–H and O–H groups in total. The largest absolute Gasteiger partial charge is 0.503 e. The number of phenols is 2. The van der Waals surface area contributed by atoms with Crippen LogP contribution in [-0.4, -0.2) is 32.8 Å². The second-order valence-electron chi connectivity index (χ2n) is 5.42. The highest BCUT2D eigenvalue weighted by Gasteiger charge is 2.20. The number of halogens is 4. The smallest absolute Gasteiger partial charge is 0.257 e. The molecule has 0 saturated heterocycles. The van der Waals surface area contributed by atoms with Crippen molar-refractivity contribution in [2.75, 3.05) is 6.54 Å². The van der Waals surface area contributed by atoms with Gasteiger partial charge >= 0.3 is 0 Å². The first-order valence-corrected chi connectivity index (χ1v) is 7.21. The summed E-state index contributed by atoms with van der Waals surface area (Å²) in [5, 5.41) is 27.2. The van der Waals surface area contributed by atoms with E-state index < -0.39 is 47.2 Å². The predicted molar refractivity (Wildman–Crippen MR) is 80.1 cm³/mol. The summed E-state index contributed by atoms with van der Waals surface area (Å²) in [7, 11) is 0. The van der Waals surface area contributed by atoms with Crippen LogP contribution in [0.5, 0.6) is 11.5 Å². The van der Waals surface area contributed by atoms with Gasteiger partial charge in [-0.2, -0.15) is 0 Å². The standard InChI is InChI=1S/C16H14F4N2O4/c17-10-3-1-8(13(19)15(10)24)5-22(7-12(23)21-26)6-9-2-4-11(18)16(25)14(9)20/h1-4,24-26H,5-7H2,(H,21,23). The third-order valence-electron chi connectivity index (χ3n) is 3.57. The molecule has 0 spiro atoms. The summed E-state index contributed by atoms with van der Waals surface area (Å²) >= 11 is 0. The molecule has 0 unspecified atom stereocenters. The molecule has 26 heavy (non-hydrogen) atoms. The summed E-state index contributed by atoms with van der Waals surface area (Å²) in [6.07, 6.45) is 0. The number of benzene rings is 2. The summed E-state index contributed by atoms with van der Waals surface area (Å²) < 4.78 is 54.2. The average Bonchev–Trinajstić information content (AvgIpc) is 2.62. The van der Waals surface area contributed by atoms with Crippen LogP contribution >= 0.6 is 0 Å². The van der Waals surface area contributed by atoms with Crippen LogP contribution in [0.2, 0.25) is 0 Å². The number of nitrogens with zero attached hydrogens (tertiary/aromatic N) is 1. The third-order valence-corrected chi connectivity index (χ3v) is 3.57. The minimum Gasteiger partial charge on any atom is -0.503 e. The number of carbonyl (C=O) groups excluding carboxylic acids is 1. The Bertz CT molecular complexity index is 773. The molecule has 0 saturated carbocycles. The highest BCUT2D eigenvalue weighted by Crippen LogP contribution is 2.26. The van der Waals surface area contributed by atoms with Crippen LogP contribution in [0, 0.1) is 23.3 Å². The topological polar surface area (TPSA) is 93.0 Å². The van der Waals surface area contributed by atoms with Crippen LogP contribution in [-0.2, 0) is 17.9 Å². The van der Waals surface area contributed by atoms with Crippen molar-refractivity contribution < 1.29 is 37.8 Å². The summed E-state index contributed by atoms with van der Waals surface area (Å²) in [4.78, 5) is 12.5. The van der Waals surface area contributed by atoms with Gasteiger partial charge in [-0.1, -0.05) is 12.1 Å². The van der Waals surface area contributed by atoms with Gasteiger partial charge in [0.15, 0.2) is 34.8 Å². The highest BCUT2D eigenvalue weighted by atomic mass is 19.1. The Balaban J connectivity index is 2.31. The van der Waals surface area contributed by atoms with E-state index in [4.69, 9.17) is 5.21 Å². The predicted octanol–water partition coefficient (Wildman–Crippen LogP) is 2.16. The van der Waals surface area contributed by atoms with Gasteiger partial charge in [-0.3, -0.25) is 14.9 Å². The molecular formula is C16H14F4N2O4. The van der Waals surface area contributed by atoms with Gasteiger partial charge in [0.1, 0.15) is 0 Å². The van der Waals surface area contributed by atoms with Gasteiger partial charge in [-0.25, -0.2) is 23.0 Å². The molecule has 1 amide bonds. The van der Waals surface area contributed by atoms with Gasteiger partial charge in [0, 0.05) is 24.2 Å². The number of aromatic hydroxyl groups is 2. The second kappa shape index (κ2) is 8.02. The van der Waals surface area contributed by atoms with E-state index in [1.54, 1.807) is 0 Å². The molecule has 2 rings (SSSR count). The van der Waals surface area contributed by atoms with E-state index in [1.165, 1.54) is 5.48 Å². The molecule has 0 fully saturated rings. The monoisotopic (exact) mass is 374 g/mol. The first kappa shape index (κ1) is 19.5. The molecule has 0 aromatic heterocycles. The van der Waals surface area contributed by atoms with E-state index in [1.807, 2.05) is 0 Å². The lowest BCUT2D eigenvalue weighted by atomic mass is 10.1. The van der Waals surface area contributed by atoms with Crippen LogP contribution in [0.25, 0.3) is 0 Å². The minimum absolute atomic E-state index is 0.207. The summed E-state index contributed by atoms with van der Waals surface area (Å²) in [5.41, 5.74) is 0.936. The lowest BCUT2D eigenvalue weighted by Gasteiger charge is -2.22. The van der Waals surface area contributed by atoms with Gasteiger partial charge in [0.25, 0.3) is 5.91 Å². The van der Waals surface area contributed by atoms with E-state index in [0.717, 1.165) is 29.2 Å². The molecule has 0 radical (unpaired) electrons. The number of amides is 1.